The van der Waals surface area contributed by atoms with Crippen LogP contribution in [0.2, 0.25) is 10.0 Å². The van der Waals surface area contributed by atoms with Crippen LogP contribution in [0.3, 0.4) is 0 Å². The number of para-hydroxylation sites is 1. The Morgan fingerprint density at radius 2 is 1.54 bits per heavy atom. The van der Waals surface area contributed by atoms with E-state index in [1.54, 1.807) is 35.2 Å². The Morgan fingerprint density at radius 3 is 2.17 bits per heavy atom. The van der Waals surface area contributed by atoms with Crippen LogP contribution in [0.15, 0.2) is 78.9 Å². The van der Waals surface area contributed by atoms with E-state index in [0.29, 0.717) is 28.8 Å². The highest BCUT2D eigenvalue weighted by Gasteiger charge is 2.30. The number of ether oxygens (including phenoxy) is 1. The summed E-state index contributed by atoms with van der Waals surface area (Å²) in [6.07, 6.45) is 0.364. The minimum Gasteiger partial charge on any atom is -0.484 e. The summed E-state index contributed by atoms with van der Waals surface area (Å²) in [4.78, 5) is 28.5. The minimum absolute atomic E-state index is 0.181. The van der Waals surface area contributed by atoms with Crippen LogP contribution in [0.4, 0.5) is 0 Å². The molecule has 3 rings (SSSR count). The molecule has 5 nitrogen and oxygen atoms in total. The largest absolute Gasteiger partial charge is 0.484 e. The lowest BCUT2D eigenvalue weighted by Crippen LogP contribution is -2.52. The average Bonchev–Trinajstić information content (AvgIpc) is 2.86. The van der Waals surface area contributed by atoms with Gasteiger partial charge in [0.15, 0.2) is 6.61 Å². The zero-order chi connectivity index (χ0) is 25.2. The van der Waals surface area contributed by atoms with Gasteiger partial charge in [0, 0.05) is 19.5 Å². The van der Waals surface area contributed by atoms with Gasteiger partial charge in [-0.05, 0) is 41.3 Å². The Labute approximate surface area is 217 Å². The van der Waals surface area contributed by atoms with E-state index in [1.807, 2.05) is 62.4 Å². The van der Waals surface area contributed by atoms with Gasteiger partial charge in [-0.15, -0.1) is 0 Å². The summed E-state index contributed by atoms with van der Waals surface area (Å²) in [7, 11) is 0. The van der Waals surface area contributed by atoms with Crippen LogP contribution >= 0.6 is 23.2 Å². The SMILES string of the molecule is CC(C)CNC(=O)[C@H](Cc1ccccc1)N(Cc1ccc(Cl)c(Cl)c1)C(=O)COc1ccccc1. The molecule has 0 saturated carbocycles. The Balaban J connectivity index is 1.91. The molecule has 0 aliphatic heterocycles. The molecule has 0 aliphatic rings. The summed E-state index contributed by atoms with van der Waals surface area (Å²) in [5, 5.41) is 3.81. The molecule has 3 aromatic rings. The van der Waals surface area contributed by atoms with Crippen LogP contribution in [0.25, 0.3) is 0 Å². The third-order valence-electron chi connectivity index (χ3n) is 5.40. The molecule has 0 heterocycles. The third-order valence-corrected chi connectivity index (χ3v) is 6.14. The maximum Gasteiger partial charge on any atom is 0.261 e. The van der Waals surface area contributed by atoms with Gasteiger partial charge >= 0.3 is 0 Å². The fourth-order valence-corrected chi connectivity index (χ4v) is 3.88. The van der Waals surface area contributed by atoms with Crippen LogP contribution < -0.4 is 10.1 Å². The highest BCUT2D eigenvalue weighted by molar-refractivity contribution is 6.42. The van der Waals surface area contributed by atoms with Gasteiger partial charge in [0.25, 0.3) is 5.91 Å². The average molecular weight is 513 g/mol. The first-order valence-corrected chi connectivity index (χ1v) is 12.3. The standard InChI is InChI=1S/C28H30Cl2N2O3/c1-20(2)17-31-28(34)26(16-21-9-5-3-6-10-21)32(18-22-13-14-24(29)25(30)15-22)27(33)19-35-23-11-7-4-8-12-23/h3-15,20,26H,16-19H2,1-2H3,(H,31,34)/t26-/m0/s1. The summed E-state index contributed by atoms with van der Waals surface area (Å²) >= 11 is 12.3. The van der Waals surface area contributed by atoms with Crippen molar-refractivity contribution in [3.05, 3.63) is 100 Å². The fraction of sp³-hybridized carbons (Fsp3) is 0.286. The van der Waals surface area contributed by atoms with E-state index in [2.05, 4.69) is 5.32 Å². The number of benzene rings is 3. The quantitative estimate of drug-likeness (QED) is 0.354. The van der Waals surface area contributed by atoms with Crippen molar-refractivity contribution < 1.29 is 14.3 Å². The van der Waals surface area contributed by atoms with Crippen LogP contribution in [-0.4, -0.2) is 35.9 Å². The first kappa shape index (κ1) is 26.6. The van der Waals surface area contributed by atoms with Crippen LogP contribution in [0, 0.1) is 5.92 Å². The fourth-order valence-electron chi connectivity index (χ4n) is 3.56. The molecule has 0 unspecified atom stereocenters. The first-order chi connectivity index (χ1) is 16.8. The van der Waals surface area contributed by atoms with E-state index in [9.17, 15) is 9.59 Å². The summed E-state index contributed by atoms with van der Waals surface area (Å²) in [5.74, 6) is 0.340. The molecule has 7 heteroatoms. The summed E-state index contributed by atoms with van der Waals surface area (Å²) in [5.41, 5.74) is 1.72. The molecule has 0 aliphatic carbocycles. The van der Waals surface area contributed by atoms with E-state index < -0.39 is 6.04 Å². The number of carbonyl (C=O) groups excluding carboxylic acids is 2. The second-order valence-electron chi connectivity index (χ2n) is 8.72. The Hall–Kier alpha value is -3.02. The van der Waals surface area contributed by atoms with Crippen molar-refractivity contribution in [1.82, 2.24) is 10.2 Å². The molecule has 0 fully saturated rings. The van der Waals surface area contributed by atoms with Crippen LogP contribution in [0.5, 0.6) is 5.75 Å². The van der Waals surface area contributed by atoms with Gasteiger partial charge in [-0.1, -0.05) is 91.6 Å². The molecule has 0 radical (unpaired) electrons. The highest BCUT2D eigenvalue weighted by Crippen LogP contribution is 2.24. The lowest BCUT2D eigenvalue weighted by atomic mass is 10.0. The maximum absolute atomic E-state index is 13.5. The van der Waals surface area contributed by atoms with Crippen molar-refractivity contribution in [2.45, 2.75) is 32.9 Å². The van der Waals surface area contributed by atoms with Gasteiger partial charge in [0.2, 0.25) is 5.91 Å². The van der Waals surface area contributed by atoms with Gasteiger partial charge in [-0.2, -0.15) is 0 Å². The second kappa shape index (κ2) is 13.2. The van der Waals surface area contributed by atoms with Gasteiger partial charge in [-0.3, -0.25) is 9.59 Å². The highest BCUT2D eigenvalue weighted by atomic mass is 35.5. The van der Waals surface area contributed by atoms with E-state index in [1.165, 1.54) is 0 Å². The number of hydrogen-bond donors (Lipinski definition) is 1. The van der Waals surface area contributed by atoms with Crippen LogP contribution in [0.1, 0.15) is 25.0 Å². The molecule has 35 heavy (non-hydrogen) atoms. The Kier molecular flexibility index (Phi) is 10.0. The van der Waals surface area contributed by atoms with E-state index >= 15 is 0 Å². The number of nitrogens with zero attached hydrogens (tertiary/aromatic N) is 1. The van der Waals surface area contributed by atoms with Crippen molar-refractivity contribution in [2.75, 3.05) is 13.2 Å². The lowest BCUT2D eigenvalue weighted by Gasteiger charge is -2.31. The first-order valence-electron chi connectivity index (χ1n) is 11.6. The monoisotopic (exact) mass is 512 g/mol. The molecule has 0 spiro atoms. The van der Waals surface area contributed by atoms with Gasteiger partial charge in [-0.25, -0.2) is 0 Å². The topological polar surface area (TPSA) is 58.6 Å². The van der Waals surface area contributed by atoms with Crippen molar-refractivity contribution in [3.63, 3.8) is 0 Å². The predicted molar refractivity (Wildman–Crippen MR) is 141 cm³/mol. The number of rotatable bonds is 11. The third kappa shape index (κ3) is 8.30. The number of hydrogen-bond acceptors (Lipinski definition) is 3. The normalized spacial score (nSPS) is 11.7. The molecule has 2 amide bonds. The molecule has 1 atom stereocenters. The molecule has 0 saturated heterocycles. The van der Waals surface area contributed by atoms with E-state index in [4.69, 9.17) is 27.9 Å². The number of nitrogens with one attached hydrogen (secondary N) is 1. The molecular weight excluding hydrogens is 483 g/mol. The molecule has 0 bridgehead atoms. The maximum atomic E-state index is 13.5. The molecular formula is C28H30Cl2N2O3. The van der Waals surface area contributed by atoms with Gasteiger partial charge in [0.1, 0.15) is 11.8 Å². The van der Waals surface area contributed by atoms with Crippen LogP contribution in [-0.2, 0) is 22.6 Å². The second-order valence-corrected chi connectivity index (χ2v) is 9.53. The zero-order valence-corrected chi connectivity index (χ0v) is 21.4. The summed E-state index contributed by atoms with van der Waals surface area (Å²) in [6, 6.07) is 23.2. The number of carbonyl (C=O) groups is 2. The van der Waals surface area contributed by atoms with E-state index in [0.717, 1.165) is 11.1 Å². The van der Waals surface area contributed by atoms with Gasteiger partial charge < -0.3 is 15.0 Å². The molecule has 3 aromatic carbocycles. The molecule has 184 valence electrons. The number of halogens is 2. The lowest BCUT2D eigenvalue weighted by molar-refractivity contribution is -0.142. The minimum atomic E-state index is -0.738. The Bertz CT molecular complexity index is 1110. The van der Waals surface area contributed by atoms with Crippen molar-refractivity contribution in [2.24, 2.45) is 5.92 Å². The summed E-state index contributed by atoms with van der Waals surface area (Å²) < 4.78 is 5.74. The number of amides is 2. The molecule has 0 aromatic heterocycles. The zero-order valence-electron chi connectivity index (χ0n) is 19.9. The van der Waals surface area contributed by atoms with Crippen molar-refractivity contribution in [1.29, 1.82) is 0 Å². The van der Waals surface area contributed by atoms with Crippen molar-refractivity contribution >= 4 is 35.0 Å². The van der Waals surface area contributed by atoms with Gasteiger partial charge in [0.05, 0.1) is 10.0 Å². The Morgan fingerprint density at radius 1 is 0.886 bits per heavy atom. The molecule has 1 N–H and O–H groups in total. The summed E-state index contributed by atoms with van der Waals surface area (Å²) in [6.45, 7) is 4.55. The van der Waals surface area contributed by atoms with E-state index in [-0.39, 0.29) is 30.9 Å². The van der Waals surface area contributed by atoms with Crippen molar-refractivity contribution in [3.8, 4) is 5.75 Å². The smallest absolute Gasteiger partial charge is 0.261 e. The predicted octanol–water partition coefficient (Wildman–Crippen LogP) is 5.78.